The topological polar surface area (TPSA) is 79.2 Å². The summed E-state index contributed by atoms with van der Waals surface area (Å²) in [5.74, 6) is 0.0286. The van der Waals surface area contributed by atoms with Crippen molar-refractivity contribution in [1.82, 2.24) is 0 Å². The first-order valence-corrected chi connectivity index (χ1v) is 7.18. The molecule has 1 rings (SSSR count). The number of sulfonamides is 1. The highest BCUT2D eigenvalue weighted by Crippen LogP contribution is 2.12. The molecular weight excluding hydrogens is 252 g/mol. The van der Waals surface area contributed by atoms with E-state index in [9.17, 15) is 8.42 Å². The van der Waals surface area contributed by atoms with E-state index in [4.69, 9.17) is 10.00 Å². The summed E-state index contributed by atoms with van der Waals surface area (Å²) in [7, 11) is -1.79. The van der Waals surface area contributed by atoms with Crippen LogP contribution in [0.15, 0.2) is 24.3 Å². The number of benzene rings is 1. The summed E-state index contributed by atoms with van der Waals surface area (Å²) in [4.78, 5) is 0. The second-order valence-corrected chi connectivity index (χ2v) is 5.64. The molecule has 1 aromatic carbocycles. The zero-order valence-corrected chi connectivity index (χ0v) is 11.0. The van der Waals surface area contributed by atoms with E-state index in [-0.39, 0.29) is 5.75 Å². The number of nitrogens with zero attached hydrogens (tertiary/aromatic N) is 1. The van der Waals surface area contributed by atoms with Gasteiger partial charge in [0.2, 0.25) is 10.0 Å². The second-order valence-electron chi connectivity index (χ2n) is 3.80. The van der Waals surface area contributed by atoms with Gasteiger partial charge in [-0.1, -0.05) is 12.1 Å². The SMILES string of the molecule is COCCCS(=O)(=O)Nc1ccc(CC#N)cc1. The molecule has 0 unspecified atom stereocenters. The lowest BCUT2D eigenvalue weighted by molar-refractivity contribution is 0.199. The van der Waals surface area contributed by atoms with Gasteiger partial charge in [0.05, 0.1) is 18.2 Å². The highest BCUT2D eigenvalue weighted by Gasteiger charge is 2.09. The van der Waals surface area contributed by atoms with Gasteiger partial charge in [0.25, 0.3) is 0 Å². The van der Waals surface area contributed by atoms with Gasteiger partial charge in [-0.15, -0.1) is 0 Å². The minimum absolute atomic E-state index is 0.0286. The first-order chi connectivity index (χ1) is 8.57. The van der Waals surface area contributed by atoms with E-state index in [0.29, 0.717) is 25.1 Å². The van der Waals surface area contributed by atoms with E-state index in [0.717, 1.165) is 5.56 Å². The largest absolute Gasteiger partial charge is 0.385 e. The van der Waals surface area contributed by atoms with Crippen molar-refractivity contribution in [2.75, 3.05) is 24.2 Å². The molecule has 0 radical (unpaired) electrons. The third kappa shape index (κ3) is 5.17. The maximum Gasteiger partial charge on any atom is 0.232 e. The van der Waals surface area contributed by atoms with Crippen molar-refractivity contribution < 1.29 is 13.2 Å². The lowest BCUT2D eigenvalue weighted by Gasteiger charge is -2.08. The average molecular weight is 268 g/mol. The second kappa shape index (κ2) is 6.99. The normalized spacial score (nSPS) is 10.9. The molecule has 0 atom stereocenters. The molecule has 0 aromatic heterocycles. The molecule has 0 fully saturated rings. The van der Waals surface area contributed by atoms with E-state index >= 15 is 0 Å². The van der Waals surface area contributed by atoms with Gasteiger partial charge >= 0.3 is 0 Å². The third-order valence-electron chi connectivity index (χ3n) is 2.27. The van der Waals surface area contributed by atoms with Crippen molar-refractivity contribution in [2.24, 2.45) is 0 Å². The zero-order chi connectivity index (χ0) is 13.4. The zero-order valence-electron chi connectivity index (χ0n) is 10.2. The number of anilines is 1. The molecule has 0 saturated carbocycles. The summed E-state index contributed by atoms with van der Waals surface area (Å²) in [5, 5.41) is 8.52. The van der Waals surface area contributed by atoms with E-state index in [1.54, 1.807) is 24.3 Å². The molecule has 0 bridgehead atoms. The summed E-state index contributed by atoms with van der Waals surface area (Å²) < 4.78 is 30.6. The first-order valence-electron chi connectivity index (χ1n) is 5.53. The van der Waals surface area contributed by atoms with E-state index in [1.807, 2.05) is 6.07 Å². The molecule has 1 N–H and O–H groups in total. The summed E-state index contributed by atoms with van der Waals surface area (Å²) >= 11 is 0. The maximum absolute atomic E-state index is 11.7. The van der Waals surface area contributed by atoms with Crippen LogP contribution in [0.3, 0.4) is 0 Å². The molecule has 6 heteroatoms. The summed E-state index contributed by atoms with van der Waals surface area (Å²) in [6, 6.07) is 8.80. The lowest BCUT2D eigenvalue weighted by Crippen LogP contribution is -2.17. The Morgan fingerprint density at radius 3 is 2.56 bits per heavy atom. The fraction of sp³-hybridized carbons (Fsp3) is 0.417. The molecule has 0 heterocycles. The predicted molar refractivity (Wildman–Crippen MR) is 69.7 cm³/mol. The van der Waals surface area contributed by atoms with Gasteiger partial charge in [-0.05, 0) is 24.1 Å². The molecule has 5 nitrogen and oxygen atoms in total. The molecule has 0 saturated heterocycles. The lowest BCUT2D eigenvalue weighted by atomic mass is 10.1. The average Bonchev–Trinajstić information content (AvgIpc) is 2.32. The Bertz CT molecular complexity index is 503. The fourth-order valence-electron chi connectivity index (χ4n) is 1.41. The van der Waals surface area contributed by atoms with Gasteiger partial charge < -0.3 is 4.74 Å². The van der Waals surface area contributed by atoms with Crippen LogP contribution in [0, 0.1) is 11.3 Å². The molecule has 0 aliphatic heterocycles. The maximum atomic E-state index is 11.7. The van der Waals surface area contributed by atoms with Crippen molar-refractivity contribution in [2.45, 2.75) is 12.8 Å². The Hall–Kier alpha value is -1.58. The van der Waals surface area contributed by atoms with Crippen LogP contribution in [0.1, 0.15) is 12.0 Å². The standard InChI is InChI=1S/C12H16N2O3S/c1-17-9-2-10-18(15,16)14-12-5-3-11(4-6-12)7-8-13/h3-6,14H,2,7,9-10H2,1H3. The highest BCUT2D eigenvalue weighted by atomic mass is 32.2. The number of nitriles is 1. The van der Waals surface area contributed by atoms with Gasteiger partial charge in [-0.2, -0.15) is 5.26 Å². The van der Waals surface area contributed by atoms with Crippen LogP contribution < -0.4 is 4.72 Å². The molecule has 0 aliphatic carbocycles. The number of methoxy groups -OCH3 is 1. The van der Waals surface area contributed by atoms with Crippen LogP contribution >= 0.6 is 0 Å². The van der Waals surface area contributed by atoms with Gasteiger partial charge in [-0.3, -0.25) is 4.72 Å². The number of ether oxygens (including phenoxy) is 1. The van der Waals surface area contributed by atoms with Crippen LogP contribution in [0.5, 0.6) is 0 Å². The molecule has 0 spiro atoms. The van der Waals surface area contributed by atoms with Gasteiger partial charge in [0.15, 0.2) is 0 Å². The Kier molecular flexibility index (Phi) is 5.62. The van der Waals surface area contributed by atoms with E-state index in [2.05, 4.69) is 4.72 Å². The van der Waals surface area contributed by atoms with Gasteiger partial charge in [-0.25, -0.2) is 8.42 Å². The highest BCUT2D eigenvalue weighted by molar-refractivity contribution is 7.92. The number of rotatable bonds is 7. The van der Waals surface area contributed by atoms with E-state index in [1.165, 1.54) is 7.11 Å². The van der Waals surface area contributed by atoms with Crippen molar-refractivity contribution in [3.05, 3.63) is 29.8 Å². The quantitative estimate of drug-likeness (QED) is 0.761. The van der Waals surface area contributed by atoms with Crippen molar-refractivity contribution >= 4 is 15.7 Å². The predicted octanol–water partition coefficient (Wildman–Crippen LogP) is 1.53. The minimum Gasteiger partial charge on any atom is -0.385 e. The van der Waals surface area contributed by atoms with Crippen molar-refractivity contribution in [3.63, 3.8) is 0 Å². The smallest absolute Gasteiger partial charge is 0.232 e. The van der Waals surface area contributed by atoms with Gasteiger partial charge in [0.1, 0.15) is 0 Å². The van der Waals surface area contributed by atoms with Crippen LogP contribution in [-0.2, 0) is 21.2 Å². The Morgan fingerprint density at radius 2 is 2.00 bits per heavy atom. The van der Waals surface area contributed by atoms with Crippen LogP contribution in [0.2, 0.25) is 0 Å². The van der Waals surface area contributed by atoms with Crippen LogP contribution in [0.25, 0.3) is 0 Å². The van der Waals surface area contributed by atoms with E-state index < -0.39 is 10.0 Å². The van der Waals surface area contributed by atoms with Gasteiger partial charge in [0, 0.05) is 19.4 Å². The molecular formula is C12H16N2O3S. The first kappa shape index (κ1) is 14.5. The van der Waals surface area contributed by atoms with Crippen molar-refractivity contribution in [1.29, 1.82) is 5.26 Å². The number of nitrogens with one attached hydrogen (secondary N) is 1. The molecule has 18 heavy (non-hydrogen) atoms. The molecule has 0 aliphatic rings. The summed E-state index contributed by atoms with van der Waals surface area (Å²) in [6.07, 6.45) is 0.777. The Labute approximate surface area is 107 Å². The summed E-state index contributed by atoms with van der Waals surface area (Å²) in [6.45, 7) is 0.419. The summed E-state index contributed by atoms with van der Waals surface area (Å²) in [5.41, 5.74) is 1.37. The molecule has 98 valence electrons. The Morgan fingerprint density at radius 1 is 1.33 bits per heavy atom. The molecule has 0 amide bonds. The van der Waals surface area contributed by atoms with Crippen molar-refractivity contribution in [3.8, 4) is 6.07 Å². The monoisotopic (exact) mass is 268 g/mol. The Balaban J connectivity index is 2.58. The van der Waals surface area contributed by atoms with Crippen LogP contribution in [0.4, 0.5) is 5.69 Å². The fourth-order valence-corrected chi connectivity index (χ4v) is 2.50. The molecule has 1 aromatic rings. The minimum atomic E-state index is -3.33. The van der Waals surface area contributed by atoms with Crippen LogP contribution in [-0.4, -0.2) is 27.9 Å². The third-order valence-corrected chi connectivity index (χ3v) is 3.64. The number of hydrogen-bond acceptors (Lipinski definition) is 4. The number of hydrogen-bond donors (Lipinski definition) is 1.